The third-order valence-corrected chi connectivity index (χ3v) is 6.22. The number of thioether (sulfide) groups is 1. The van der Waals surface area contributed by atoms with Gasteiger partial charge in [-0.25, -0.2) is 4.98 Å². The van der Waals surface area contributed by atoms with Crippen LogP contribution >= 0.6 is 23.1 Å². The number of hydrogen-bond donors (Lipinski definition) is 0. The molecule has 1 saturated heterocycles. The summed E-state index contributed by atoms with van der Waals surface area (Å²) in [5, 5.41) is 0.897. The van der Waals surface area contributed by atoms with Gasteiger partial charge in [0.15, 0.2) is 0 Å². The van der Waals surface area contributed by atoms with E-state index in [2.05, 4.69) is 0 Å². The summed E-state index contributed by atoms with van der Waals surface area (Å²) in [6.07, 6.45) is 0. The van der Waals surface area contributed by atoms with Crippen molar-refractivity contribution in [2.45, 2.75) is 0 Å². The van der Waals surface area contributed by atoms with Gasteiger partial charge in [0.05, 0.1) is 5.69 Å². The molecule has 1 fully saturated rings. The van der Waals surface area contributed by atoms with Gasteiger partial charge < -0.3 is 4.90 Å². The van der Waals surface area contributed by atoms with Crippen LogP contribution in [0.1, 0.15) is 9.67 Å². The summed E-state index contributed by atoms with van der Waals surface area (Å²) < 4.78 is 0. The lowest BCUT2D eigenvalue weighted by Crippen LogP contribution is -2.37. The Balaban J connectivity index is 1.78. The second kappa shape index (κ2) is 7.42. The maximum Gasteiger partial charge on any atom is 0.266 e. The smallest absolute Gasteiger partial charge is 0.266 e. The van der Waals surface area contributed by atoms with Gasteiger partial charge in [-0.15, -0.1) is 11.3 Å². The predicted molar refractivity (Wildman–Crippen MR) is 106 cm³/mol. The van der Waals surface area contributed by atoms with Crippen molar-refractivity contribution in [3.05, 3.63) is 65.5 Å². The monoisotopic (exact) mass is 366 g/mol. The SMILES string of the molecule is O=C(c1sc(-c2ccccc2)nc1-c1ccccc1)N1CCSCC1. The topological polar surface area (TPSA) is 33.2 Å². The van der Waals surface area contributed by atoms with Crippen molar-refractivity contribution in [2.24, 2.45) is 0 Å². The van der Waals surface area contributed by atoms with Crippen molar-refractivity contribution in [3.63, 3.8) is 0 Å². The highest BCUT2D eigenvalue weighted by atomic mass is 32.2. The van der Waals surface area contributed by atoms with Crippen LogP contribution in [0.25, 0.3) is 21.8 Å². The minimum absolute atomic E-state index is 0.110. The number of amides is 1. The molecule has 3 aromatic rings. The van der Waals surface area contributed by atoms with Crippen LogP contribution in [0.15, 0.2) is 60.7 Å². The highest BCUT2D eigenvalue weighted by Crippen LogP contribution is 2.35. The average molecular weight is 367 g/mol. The number of carbonyl (C=O) groups excluding carboxylic acids is 1. The molecule has 0 saturated carbocycles. The first-order chi connectivity index (χ1) is 12.3. The van der Waals surface area contributed by atoms with E-state index in [0.29, 0.717) is 0 Å². The molecule has 2 heterocycles. The van der Waals surface area contributed by atoms with Gasteiger partial charge in [-0.1, -0.05) is 60.7 Å². The standard InChI is InChI=1S/C20H18N2OS2/c23-20(22-11-13-24-14-12-22)18-17(15-7-3-1-4-8-15)21-19(25-18)16-9-5-2-6-10-16/h1-10H,11-14H2. The Hall–Kier alpha value is -2.11. The molecule has 0 N–H and O–H groups in total. The number of benzene rings is 2. The maximum absolute atomic E-state index is 13.1. The summed E-state index contributed by atoms with van der Waals surface area (Å²) in [5.74, 6) is 2.13. The van der Waals surface area contributed by atoms with Crippen molar-refractivity contribution in [3.8, 4) is 21.8 Å². The summed E-state index contributed by atoms with van der Waals surface area (Å²) in [6.45, 7) is 1.63. The lowest BCUT2D eigenvalue weighted by molar-refractivity contribution is 0.0777. The Morgan fingerprint density at radius 3 is 2.12 bits per heavy atom. The van der Waals surface area contributed by atoms with E-state index in [0.717, 1.165) is 51.3 Å². The first-order valence-corrected chi connectivity index (χ1v) is 10.3. The fourth-order valence-corrected chi connectivity index (χ4v) is 4.83. The number of thiazole rings is 1. The van der Waals surface area contributed by atoms with Gasteiger partial charge in [-0.2, -0.15) is 11.8 Å². The summed E-state index contributed by atoms with van der Waals surface area (Å²) in [4.78, 5) is 20.7. The molecule has 0 radical (unpaired) electrons. The van der Waals surface area contributed by atoms with Gasteiger partial charge in [-0.3, -0.25) is 4.79 Å². The van der Waals surface area contributed by atoms with Gasteiger partial charge in [0.25, 0.3) is 5.91 Å². The predicted octanol–water partition coefficient (Wildman–Crippen LogP) is 4.67. The Bertz CT molecular complexity index is 856. The molecule has 1 aliphatic heterocycles. The quantitative estimate of drug-likeness (QED) is 0.675. The number of carbonyl (C=O) groups is 1. The van der Waals surface area contributed by atoms with Gasteiger partial charge in [0.1, 0.15) is 9.88 Å². The van der Waals surface area contributed by atoms with Gasteiger partial charge in [0, 0.05) is 35.7 Å². The van der Waals surface area contributed by atoms with Crippen LogP contribution in [-0.2, 0) is 0 Å². The van der Waals surface area contributed by atoms with Crippen LogP contribution in [0, 0.1) is 0 Å². The second-order valence-corrected chi connectivity index (χ2v) is 8.06. The van der Waals surface area contributed by atoms with E-state index in [1.165, 1.54) is 11.3 Å². The minimum atomic E-state index is 0.110. The normalized spacial score (nSPS) is 14.5. The number of rotatable bonds is 3. The Labute approximate surface area is 155 Å². The fourth-order valence-electron chi connectivity index (χ4n) is 2.87. The zero-order valence-corrected chi connectivity index (χ0v) is 15.4. The van der Waals surface area contributed by atoms with E-state index in [1.807, 2.05) is 77.3 Å². The molecule has 1 amide bonds. The van der Waals surface area contributed by atoms with Crippen molar-refractivity contribution < 1.29 is 4.79 Å². The van der Waals surface area contributed by atoms with Gasteiger partial charge >= 0.3 is 0 Å². The molecule has 0 spiro atoms. The highest BCUT2D eigenvalue weighted by Gasteiger charge is 2.25. The van der Waals surface area contributed by atoms with Crippen molar-refractivity contribution in [2.75, 3.05) is 24.6 Å². The van der Waals surface area contributed by atoms with Gasteiger partial charge in [-0.05, 0) is 0 Å². The average Bonchev–Trinajstić information content (AvgIpc) is 3.15. The third kappa shape index (κ3) is 3.48. The van der Waals surface area contributed by atoms with Crippen LogP contribution in [0.5, 0.6) is 0 Å². The van der Waals surface area contributed by atoms with E-state index in [9.17, 15) is 4.79 Å². The molecule has 3 nitrogen and oxygen atoms in total. The maximum atomic E-state index is 13.1. The lowest BCUT2D eigenvalue weighted by atomic mass is 10.1. The number of nitrogens with zero attached hydrogens (tertiary/aromatic N) is 2. The lowest BCUT2D eigenvalue weighted by Gasteiger charge is -2.26. The van der Waals surface area contributed by atoms with Crippen molar-refractivity contribution in [1.82, 2.24) is 9.88 Å². The van der Waals surface area contributed by atoms with E-state index in [1.54, 1.807) is 0 Å². The molecule has 0 atom stereocenters. The first-order valence-electron chi connectivity index (χ1n) is 8.31. The Morgan fingerprint density at radius 2 is 1.48 bits per heavy atom. The van der Waals surface area contributed by atoms with Crippen LogP contribution in [-0.4, -0.2) is 40.4 Å². The van der Waals surface area contributed by atoms with E-state index in [4.69, 9.17) is 4.98 Å². The summed E-state index contributed by atoms with van der Waals surface area (Å²) in [5.41, 5.74) is 2.85. The first kappa shape index (κ1) is 16.4. The molecule has 0 aliphatic carbocycles. The van der Waals surface area contributed by atoms with Gasteiger partial charge in [0.2, 0.25) is 0 Å². The van der Waals surface area contributed by atoms with Crippen molar-refractivity contribution >= 4 is 29.0 Å². The van der Waals surface area contributed by atoms with Crippen LogP contribution in [0.3, 0.4) is 0 Å². The zero-order chi connectivity index (χ0) is 17.1. The molecule has 5 heteroatoms. The molecule has 0 unspecified atom stereocenters. The number of hydrogen-bond acceptors (Lipinski definition) is 4. The molecule has 2 aromatic carbocycles. The molecule has 25 heavy (non-hydrogen) atoms. The molecule has 4 rings (SSSR count). The Morgan fingerprint density at radius 1 is 0.880 bits per heavy atom. The minimum Gasteiger partial charge on any atom is -0.336 e. The third-order valence-electron chi connectivity index (χ3n) is 4.19. The summed E-state index contributed by atoms with van der Waals surface area (Å²) >= 11 is 3.41. The Kier molecular flexibility index (Phi) is 4.85. The van der Waals surface area contributed by atoms with Crippen molar-refractivity contribution in [1.29, 1.82) is 0 Å². The fraction of sp³-hybridized carbons (Fsp3) is 0.200. The molecule has 1 aromatic heterocycles. The summed E-state index contributed by atoms with van der Waals surface area (Å²) in [6, 6.07) is 20.1. The van der Waals surface area contributed by atoms with E-state index < -0.39 is 0 Å². The second-order valence-electron chi connectivity index (χ2n) is 5.83. The van der Waals surface area contributed by atoms with Crippen LogP contribution < -0.4 is 0 Å². The highest BCUT2D eigenvalue weighted by molar-refractivity contribution is 7.99. The van der Waals surface area contributed by atoms with E-state index in [-0.39, 0.29) is 5.91 Å². The largest absolute Gasteiger partial charge is 0.336 e. The van der Waals surface area contributed by atoms with Crippen LogP contribution in [0.4, 0.5) is 0 Å². The van der Waals surface area contributed by atoms with Crippen LogP contribution in [0.2, 0.25) is 0 Å². The molecular weight excluding hydrogens is 348 g/mol. The van der Waals surface area contributed by atoms with E-state index >= 15 is 0 Å². The molecule has 1 aliphatic rings. The zero-order valence-electron chi connectivity index (χ0n) is 13.7. The summed E-state index contributed by atoms with van der Waals surface area (Å²) in [7, 11) is 0. The molecule has 0 bridgehead atoms. The molecule has 126 valence electrons. The number of aromatic nitrogens is 1. The molecular formula is C20H18N2OS2.